The van der Waals surface area contributed by atoms with Crippen LogP contribution in [0.4, 0.5) is 11.4 Å². The molecule has 0 bridgehead atoms. The van der Waals surface area contributed by atoms with Crippen LogP contribution < -0.4 is 4.90 Å². The van der Waals surface area contributed by atoms with Gasteiger partial charge in [0, 0.05) is 19.2 Å². The average molecular weight is 411 g/mol. The number of benzene rings is 1. The van der Waals surface area contributed by atoms with Crippen LogP contribution in [0.2, 0.25) is 4.34 Å². The van der Waals surface area contributed by atoms with Crippen molar-refractivity contribution in [1.82, 2.24) is 0 Å². The maximum Gasteiger partial charge on any atom is 0.338 e. The Morgan fingerprint density at radius 2 is 2.00 bits per heavy atom. The van der Waals surface area contributed by atoms with E-state index in [-0.39, 0.29) is 17.0 Å². The van der Waals surface area contributed by atoms with Gasteiger partial charge in [-0.05, 0) is 24.3 Å². The summed E-state index contributed by atoms with van der Waals surface area (Å²) in [6, 6.07) is 7.26. The third kappa shape index (κ3) is 4.62. The smallest absolute Gasteiger partial charge is 0.338 e. The second-order valence-corrected chi connectivity index (χ2v) is 7.38. The van der Waals surface area contributed by atoms with Gasteiger partial charge in [-0.2, -0.15) is 0 Å². The molecule has 0 N–H and O–H groups in total. The van der Waals surface area contributed by atoms with Gasteiger partial charge in [0.15, 0.2) is 6.61 Å². The molecule has 0 radical (unpaired) electrons. The molecule has 0 atom stereocenters. The minimum absolute atomic E-state index is 0.00993. The number of ether oxygens (including phenoxy) is 2. The van der Waals surface area contributed by atoms with E-state index in [0.29, 0.717) is 41.2 Å². The Hall–Kier alpha value is -2.49. The minimum Gasteiger partial charge on any atom is -0.454 e. The van der Waals surface area contributed by atoms with Gasteiger partial charge < -0.3 is 14.4 Å². The number of carbonyl (C=O) groups excluding carboxylic acids is 2. The summed E-state index contributed by atoms with van der Waals surface area (Å²) in [4.78, 5) is 37.3. The molecule has 2 aromatic rings. The Balaban J connectivity index is 1.71. The Kier molecular flexibility index (Phi) is 6.04. The number of hydrogen-bond donors (Lipinski definition) is 0. The van der Waals surface area contributed by atoms with Crippen molar-refractivity contribution in [2.24, 2.45) is 0 Å². The first kappa shape index (κ1) is 19.3. The third-order valence-corrected chi connectivity index (χ3v) is 5.21. The lowest BCUT2D eigenvalue weighted by Gasteiger charge is -2.28. The van der Waals surface area contributed by atoms with Crippen molar-refractivity contribution in [3.63, 3.8) is 0 Å². The van der Waals surface area contributed by atoms with Gasteiger partial charge in [0.25, 0.3) is 5.69 Å². The normalized spacial score (nSPS) is 14.0. The van der Waals surface area contributed by atoms with E-state index in [1.807, 2.05) is 4.90 Å². The SMILES string of the molecule is O=C(OCC(=O)c1ccc(Cl)s1)c1ccc(N2CCOCC2)c([N+](=O)[O-])c1. The third-order valence-electron chi connectivity index (χ3n) is 3.94. The highest BCUT2D eigenvalue weighted by molar-refractivity contribution is 7.18. The van der Waals surface area contributed by atoms with Crippen molar-refractivity contribution < 1.29 is 24.0 Å². The molecule has 0 spiro atoms. The Bertz CT molecular complexity index is 878. The van der Waals surface area contributed by atoms with E-state index >= 15 is 0 Å². The number of ketones is 1. The molecule has 27 heavy (non-hydrogen) atoms. The van der Waals surface area contributed by atoms with Gasteiger partial charge in [-0.3, -0.25) is 14.9 Å². The molecule has 1 aliphatic heterocycles. The molecule has 0 aliphatic carbocycles. The summed E-state index contributed by atoms with van der Waals surface area (Å²) in [6.07, 6.45) is 0. The zero-order chi connectivity index (χ0) is 19.4. The number of anilines is 1. The quantitative estimate of drug-likeness (QED) is 0.312. The van der Waals surface area contributed by atoms with Crippen molar-refractivity contribution in [2.45, 2.75) is 0 Å². The predicted octanol–water partition coefficient (Wildman–Crippen LogP) is 3.19. The number of esters is 1. The lowest BCUT2D eigenvalue weighted by molar-refractivity contribution is -0.384. The molecular formula is C17H15ClN2O6S. The molecule has 0 amide bonds. The van der Waals surface area contributed by atoms with E-state index in [9.17, 15) is 19.7 Å². The lowest BCUT2D eigenvalue weighted by atomic mass is 10.1. The fourth-order valence-corrected chi connectivity index (χ4v) is 3.59. The minimum atomic E-state index is -0.803. The van der Waals surface area contributed by atoms with Crippen LogP contribution in [0.15, 0.2) is 30.3 Å². The number of carbonyl (C=O) groups is 2. The fraction of sp³-hybridized carbons (Fsp3) is 0.294. The zero-order valence-corrected chi connectivity index (χ0v) is 15.6. The number of Topliss-reactive ketones (excluding diaryl/α,β-unsaturated/α-hetero) is 1. The number of hydrogen-bond acceptors (Lipinski definition) is 8. The summed E-state index contributed by atoms with van der Waals surface area (Å²) in [6.45, 7) is 1.56. The molecular weight excluding hydrogens is 396 g/mol. The number of rotatable bonds is 6. The molecule has 1 aliphatic rings. The number of nitro benzene ring substituents is 1. The molecule has 1 aromatic carbocycles. The van der Waals surface area contributed by atoms with Gasteiger partial charge in [0.2, 0.25) is 5.78 Å². The van der Waals surface area contributed by atoms with Crippen molar-refractivity contribution in [3.8, 4) is 0 Å². The second-order valence-electron chi connectivity index (χ2n) is 5.66. The molecule has 1 fully saturated rings. The number of morpholine rings is 1. The molecule has 0 unspecified atom stereocenters. The Morgan fingerprint density at radius 1 is 1.26 bits per heavy atom. The molecule has 10 heteroatoms. The Morgan fingerprint density at radius 3 is 2.63 bits per heavy atom. The van der Waals surface area contributed by atoms with Gasteiger partial charge in [-0.25, -0.2) is 4.79 Å². The zero-order valence-electron chi connectivity index (χ0n) is 14.1. The van der Waals surface area contributed by atoms with E-state index in [0.717, 1.165) is 11.3 Å². The van der Waals surface area contributed by atoms with Crippen molar-refractivity contribution >= 4 is 46.1 Å². The monoisotopic (exact) mass is 410 g/mol. The first-order valence-electron chi connectivity index (χ1n) is 8.02. The predicted molar refractivity (Wildman–Crippen MR) is 100 cm³/mol. The van der Waals surface area contributed by atoms with Crippen molar-refractivity contribution in [3.05, 3.63) is 55.2 Å². The molecule has 1 saturated heterocycles. The summed E-state index contributed by atoms with van der Waals surface area (Å²) in [5.74, 6) is -1.19. The number of nitrogens with zero attached hydrogens (tertiary/aromatic N) is 2. The second kappa shape index (κ2) is 8.47. The van der Waals surface area contributed by atoms with Gasteiger partial charge in [0.05, 0.1) is 32.9 Å². The highest BCUT2D eigenvalue weighted by Gasteiger charge is 2.24. The highest BCUT2D eigenvalue weighted by atomic mass is 35.5. The van der Waals surface area contributed by atoms with Crippen LogP contribution in [-0.4, -0.2) is 49.6 Å². The number of thiophene rings is 1. The Labute approximate surface area is 163 Å². The van der Waals surface area contributed by atoms with Crippen LogP contribution in [0.5, 0.6) is 0 Å². The van der Waals surface area contributed by atoms with E-state index in [1.54, 1.807) is 12.1 Å². The molecule has 2 heterocycles. The van der Waals surface area contributed by atoms with Crippen LogP contribution >= 0.6 is 22.9 Å². The van der Waals surface area contributed by atoms with Gasteiger partial charge >= 0.3 is 5.97 Å². The van der Waals surface area contributed by atoms with Crippen molar-refractivity contribution in [1.29, 1.82) is 0 Å². The van der Waals surface area contributed by atoms with E-state index in [2.05, 4.69) is 0 Å². The van der Waals surface area contributed by atoms with Crippen LogP contribution in [0.1, 0.15) is 20.0 Å². The molecule has 0 saturated carbocycles. The standard InChI is InChI=1S/C17H15ClN2O6S/c18-16-4-3-15(27-16)14(21)10-26-17(22)11-1-2-12(13(9-11)20(23)24)19-5-7-25-8-6-19/h1-4,9H,5-8,10H2. The van der Waals surface area contributed by atoms with Crippen LogP contribution in [-0.2, 0) is 9.47 Å². The van der Waals surface area contributed by atoms with Gasteiger partial charge in [-0.1, -0.05) is 11.6 Å². The molecule has 8 nitrogen and oxygen atoms in total. The van der Waals surface area contributed by atoms with Gasteiger partial charge in [-0.15, -0.1) is 11.3 Å². The largest absolute Gasteiger partial charge is 0.454 e. The summed E-state index contributed by atoms with van der Waals surface area (Å²) in [5, 5.41) is 11.4. The molecule has 142 valence electrons. The molecule has 3 rings (SSSR count). The maximum atomic E-state index is 12.2. The van der Waals surface area contributed by atoms with Crippen molar-refractivity contribution in [2.75, 3.05) is 37.8 Å². The number of nitro groups is 1. The number of halogens is 1. The first-order valence-corrected chi connectivity index (χ1v) is 9.22. The first-order chi connectivity index (χ1) is 13.0. The van der Waals surface area contributed by atoms with Crippen LogP contribution in [0.25, 0.3) is 0 Å². The lowest BCUT2D eigenvalue weighted by Crippen LogP contribution is -2.36. The van der Waals surface area contributed by atoms with Gasteiger partial charge in [0.1, 0.15) is 5.69 Å². The summed E-state index contributed by atoms with van der Waals surface area (Å²) >= 11 is 6.86. The van der Waals surface area contributed by atoms with E-state index in [1.165, 1.54) is 18.2 Å². The topological polar surface area (TPSA) is 99.0 Å². The summed E-state index contributed by atoms with van der Waals surface area (Å²) in [7, 11) is 0. The molecule has 1 aromatic heterocycles. The summed E-state index contributed by atoms with van der Waals surface area (Å²) < 4.78 is 10.7. The maximum absolute atomic E-state index is 12.2. The average Bonchev–Trinajstić information content (AvgIpc) is 3.12. The van der Waals surface area contributed by atoms with Crippen LogP contribution in [0, 0.1) is 10.1 Å². The highest BCUT2D eigenvalue weighted by Crippen LogP contribution is 2.30. The van der Waals surface area contributed by atoms with E-state index in [4.69, 9.17) is 21.1 Å². The van der Waals surface area contributed by atoms with E-state index < -0.39 is 17.5 Å². The fourth-order valence-electron chi connectivity index (χ4n) is 2.62. The van der Waals surface area contributed by atoms with Crippen LogP contribution in [0.3, 0.4) is 0 Å². The summed E-state index contributed by atoms with van der Waals surface area (Å²) in [5.41, 5.74) is 0.239.